The largest absolute Gasteiger partial charge is 0.543 e. The number of carbonyl (C=O) groups is 2. The van der Waals surface area contributed by atoms with Crippen molar-refractivity contribution in [3.63, 3.8) is 0 Å². The zero-order valence-electron chi connectivity index (χ0n) is 11.5. The van der Waals surface area contributed by atoms with Gasteiger partial charge in [-0.25, -0.2) is 14.5 Å². The van der Waals surface area contributed by atoms with Gasteiger partial charge in [0.15, 0.2) is 0 Å². The van der Waals surface area contributed by atoms with Gasteiger partial charge in [0, 0.05) is 7.11 Å². The van der Waals surface area contributed by atoms with Gasteiger partial charge in [0.25, 0.3) is 0 Å². The molecule has 0 spiro atoms. The molecule has 1 unspecified atom stereocenters. The molecule has 7 nitrogen and oxygen atoms in total. The van der Waals surface area contributed by atoms with Crippen molar-refractivity contribution in [1.29, 1.82) is 0 Å². The molecule has 0 amide bonds. The summed E-state index contributed by atoms with van der Waals surface area (Å²) in [6.07, 6.45) is -1.64. The predicted molar refractivity (Wildman–Crippen MR) is 66.6 cm³/mol. The van der Waals surface area contributed by atoms with Crippen LogP contribution in [0.2, 0.25) is 0 Å². The Hall–Kier alpha value is -2.12. The van der Waals surface area contributed by atoms with E-state index in [4.69, 9.17) is 9.47 Å². The Labute approximate surface area is 116 Å². The zero-order valence-corrected chi connectivity index (χ0v) is 11.5. The number of ether oxygens (including phenoxy) is 2. The van der Waals surface area contributed by atoms with Crippen LogP contribution in [-0.4, -0.2) is 31.9 Å². The van der Waals surface area contributed by atoms with Crippen molar-refractivity contribution in [1.82, 2.24) is 0 Å². The molecule has 0 fully saturated rings. The van der Waals surface area contributed by atoms with E-state index in [2.05, 4.69) is 14.8 Å². The average molecular weight is 284 g/mol. The van der Waals surface area contributed by atoms with E-state index in [1.807, 2.05) is 0 Å². The van der Waals surface area contributed by atoms with E-state index in [9.17, 15) is 9.59 Å². The highest BCUT2D eigenvalue weighted by Gasteiger charge is 2.15. The maximum Gasteiger partial charge on any atom is 0.543 e. The van der Waals surface area contributed by atoms with E-state index in [1.54, 1.807) is 38.1 Å². The Morgan fingerprint density at radius 1 is 1.20 bits per heavy atom. The number of methoxy groups -OCH3 is 1. The lowest BCUT2D eigenvalue weighted by Gasteiger charge is -2.10. The lowest BCUT2D eigenvalue weighted by atomic mass is 10.1. The van der Waals surface area contributed by atoms with Gasteiger partial charge >= 0.3 is 12.1 Å². The Morgan fingerprint density at radius 2 is 1.90 bits per heavy atom. The number of benzene rings is 1. The van der Waals surface area contributed by atoms with Gasteiger partial charge in [-0.05, 0) is 25.5 Å². The van der Waals surface area contributed by atoms with Gasteiger partial charge < -0.3 is 9.47 Å². The monoisotopic (exact) mass is 284 g/mol. The first-order valence-electron chi connectivity index (χ1n) is 5.85. The molecule has 0 aliphatic carbocycles. The van der Waals surface area contributed by atoms with Gasteiger partial charge in [0.1, 0.15) is 6.10 Å². The van der Waals surface area contributed by atoms with Crippen LogP contribution >= 0.6 is 0 Å². The molecular formula is C13H16O7. The molecule has 110 valence electrons. The van der Waals surface area contributed by atoms with Crippen molar-refractivity contribution in [2.75, 3.05) is 13.7 Å². The first-order chi connectivity index (χ1) is 9.54. The molecule has 1 aromatic rings. The third kappa shape index (κ3) is 5.25. The molecule has 0 bridgehead atoms. The summed E-state index contributed by atoms with van der Waals surface area (Å²) in [4.78, 5) is 31.1. The van der Waals surface area contributed by atoms with Gasteiger partial charge in [-0.3, -0.25) is 4.89 Å². The molecule has 1 atom stereocenters. The average Bonchev–Trinajstić information content (AvgIpc) is 2.39. The Morgan fingerprint density at radius 3 is 2.55 bits per heavy atom. The highest BCUT2D eigenvalue weighted by molar-refractivity contribution is 5.90. The zero-order chi connectivity index (χ0) is 15.0. The minimum atomic E-state index is -1.13. The quantitative estimate of drug-likeness (QED) is 0.450. The Bertz CT molecular complexity index is 458. The van der Waals surface area contributed by atoms with Gasteiger partial charge in [-0.1, -0.05) is 18.2 Å². The molecular weight excluding hydrogens is 268 g/mol. The third-order valence-electron chi connectivity index (χ3n) is 2.28. The van der Waals surface area contributed by atoms with Crippen molar-refractivity contribution in [2.24, 2.45) is 0 Å². The van der Waals surface area contributed by atoms with E-state index in [0.29, 0.717) is 11.1 Å². The molecule has 0 saturated carbocycles. The SMILES string of the molecule is COCC(C)OC(=O)OOOC(=O)c1ccccc1C. The maximum absolute atomic E-state index is 11.6. The van der Waals surface area contributed by atoms with Gasteiger partial charge in [-0.2, -0.15) is 0 Å². The molecule has 0 saturated heterocycles. The number of rotatable bonds is 6. The number of hydrogen-bond acceptors (Lipinski definition) is 7. The molecule has 0 radical (unpaired) electrons. The number of carbonyl (C=O) groups excluding carboxylic acids is 2. The highest BCUT2D eigenvalue weighted by Crippen LogP contribution is 2.09. The first kappa shape index (κ1) is 15.9. The van der Waals surface area contributed by atoms with Crippen LogP contribution in [-0.2, 0) is 24.3 Å². The predicted octanol–water partition coefficient (Wildman–Crippen LogP) is 2.19. The minimum Gasteiger partial charge on any atom is -0.427 e. The molecule has 0 aliphatic rings. The van der Waals surface area contributed by atoms with E-state index in [0.717, 1.165) is 0 Å². The van der Waals surface area contributed by atoms with Crippen LogP contribution in [0.25, 0.3) is 0 Å². The molecule has 0 N–H and O–H groups in total. The van der Waals surface area contributed by atoms with Crippen LogP contribution in [0.15, 0.2) is 24.3 Å². The second-order valence-corrected chi connectivity index (χ2v) is 3.97. The van der Waals surface area contributed by atoms with Crippen molar-refractivity contribution >= 4 is 12.1 Å². The molecule has 7 heteroatoms. The summed E-state index contributed by atoms with van der Waals surface area (Å²) in [6, 6.07) is 6.74. The molecule has 0 heterocycles. The van der Waals surface area contributed by atoms with Crippen LogP contribution in [0.4, 0.5) is 4.79 Å². The summed E-state index contributed by atoms with van der Waals surface area (Å²) in [6.45, 7) is 3.54. The van der Waals surface area contributed by atoms with E-state index < -0.39 is 18.2 Å². The summed E-state index contributed by atoms with van der Waals surface area (Å²) in [5, 5.41) is 4.08. The lowest BCUT2D eigenvalue weighted by Crippen LogP contribution is -2.21. The standard InChI is InChI=1S/C13H16O7/c1-9-6-4-5-7-11(9)12(14)18-20-19-13(15)17-10(2)8-16-3/h4-7,10H,8H2,1-3H3. The molecule has 1 rings (SSSR count). The molecule has 1 aromatic carbocycles. The summed E-state index contributed by atoms with van der Waals surface area (Å²) < 4.78 is 9.46. The molecule has 0 aliphatic heterocycles. The van der Waals surface area contributed by atoms with E-state index in [1.165, 1.54) is 7.11 Å². The van der Waals surface area contributed by atoms with Crippen molar-refractivity contribution in [2.45, 2.75) is 20.0 Å². The summed E-state index contributed by atoms with van der Waals surface area (Å²) in [5.41, 5.74) is 1.01. The second kappa shape index (κ2) is 8.13. The second-order valence-electron chi connectivity index (χ2n) is 3.97. The number of aryl methyl sites for hydroxylation is 1. The van der Waals surface area contributed by atoms with Crippen LogP contribution in [0.5, 0.6) is 0 Å². The summed E-state index contributed by atoms with van der Waals surface area (Å²) >= 11 is 0. The third-order valence-corrected chi connectivity index (χ3v) is 2.28. The maximum atomic E-state index is 11.6. The smallest absolute Gasteiger partial charge is 0.427 e. The molecule has 20 heavy (non-hydrogen) atoms. The van der Waals surface area contributed by atoms with Gasteiger partial charge in [-0.15, -0.1) is 0 Å². The fourth-order valence-electron chi connectivity index (χ4n) is 1.38. The fourth-order valence-corrected chi connectivity index (χ4v) is 1.38. The van der Waals surface area contributed by atoms with Gasteiger partial charge in [0.05, 0.1) is 17.2 Å². The van der Waals surface area contributed by atoms with Gasteiger partial charge in [0.2, 0.25) is 0 Å². The first-order valence-corrected chi connectivity index (χ1v) is 5.85. The Balaban J connectivity index is 2.32. The van der Waals surface area contributed by atoms with E-state index in [-0.39, 0.29) is 6.61 Å². The lowest BCUT2D eigenvalue weighted by molar-refractivity contribution is -0.453. The van der Waals surface area contributed by atoms with Crippen molar-refractivity contribution < 1.29 is 33.9 Å². The minimum absolute atomic E-state index is 0.206. The van der Waals surface area contributed by atoms with E-state index >= 15 is 0 Å². The van der Waals surface area contributed by atoms with Crippen LogP contribution in [0, 0.1) is 6.92 Å². The summed E-state index contributed by atoms with van der Waals surface area (Å²) in [5.74, 6) is -0.777. The molecule has 0 aromatic heterocycles. The summed E-state index contributed by atoms with van der Waals surface area (Å²) in [7, 11) is 1.46. The fraction of sp³-hybridized carbons (Fsp3) is 0.385. The topological polar surface area (TPSA) is 80.3 Å². The van der Waals surface area contributed by atoms with Crippen LogP contribution in [0.1, 0.15) is 22.8 Å². The van der Waals surface area contributed by atoms with Crippen molar-refractivity contribution in [3.8, 4) is 0 Å². The van der Waals surface area contributed by atoms with Crippen LogP contribution < -0.4 is 0 Å². The number of hydrogen-bond donors (Lipinski definition) is 0. The normalized spacial score (nSPS) is 11.6. The van der Waals surface area contributed by atoms with Crippen molar-refractivity contribution in [3.05, 3.63) is 35.4 Å². The Kier molecular flexibility index (Phi) is 6.48. The highest BCUT2D eigenvalue weighted by atomic mass is 17.5. The van der Waals surface area contributed by atoms with Crippen LogP contribution in [0.3, 0.4) is 0 Å².